The van der Waals surface area contributed by atoms with Crippen molar-refractivity contribution in [1.29, 1.82) is 0 Å². The molecule has 0 fully saturated rings. The van der Waals surface area contributed by atoms with Crippen molar-refractivity contribution in [3.8, 4) is 11.5 Å². The molecule has 4 aromatic rings. The van der Waals surface area contributed by atoms with E-state index in [1.165, 1.54) is 11.8 Å². The highest BCUT2D eigenvalue weighted by Gasteiger charge is 2.16. The lowest BCUT2D eigenvalue weighted by Gasteiger charge is -2.18. The summed E-state index contributed by atoms with van der Waals surface area (Å²) in [6.45, 7) is 1.64. The van der Waals surface area contributed by atoms with Crippen molar-refractivity contribution < 1.29 is 14.3 Å². The number of nitrogens with one attached hydrogen (secondary N) is 2. The summed E-state index contributed by atoms with van der Waals surface area (Å²) >= 11 is 1.43. The van der Waals surface area contributed by atoms with Gasteiger partial charge in [-0.3, -0.25) is 4.79 Å². The van der Waals surface area contributed by atoms with E-state index in [0.29, 0.717) is 36.1 Å². The molecule has 0 radical (unpaired) electrons. The molecule has 162 valence electrons. The molecule has 0 spiro atoms. The Morgan fingerprint density at radius 3 is 2.84 bits per heavy atom. The molecule has 1 amide bonds. The monoisotopic (exact) mass is 446 g/mol. The number of carbonyl (C=O) groups excluding carboxylic acids is 1. The Kier molecular flexibility index (Phi) is 5.93. The molecule has 0 unspecified atom stereocenters. The number of imidazole rings is 1. The number of ether oxygens (including phenoxy) is 2. The second-order valence-corrected chi connectivity index (χ2v) is 8.39. The van der Waals surface area contributed by atoms with Crippen LogP contribution >= 0.6 is 11.8 Å². The smallest absolute Gasteiger partial charge is 0.254 e. The zero-order valence-electron chi connectivity index (χ0n) is 17.3. The maximum absolute atomic E-state index is 12.8. The van der Waals surface area contributed by atoms with Crippen LogP contribution in [0.4, 0.5) is 0 Å². The summed E-state index contributed by atoms with van der Waals surface area (Å²) < 4.78 is 11.2. The van der Waals surface area contributed by atoms with E-state index in [1.54, 1.807) is 18.3 Å². The topological polar surface area (TPSA) is 89.1 Å². The number of para-hydroxylation sites is 2. The molecule has 5 rings (SSSR count). The number of benzene rings is 2. The molecule has 7 nitrogen and oxygen atoms in total. The molecule has 0 saturated carbocycles. The quantitative estimate of drug-likeness (QED) is 0.413. The summed E-state index contributed by atoms with van der Waals surface area (Å²) in [6, 6.07) is 17.3. The van der Waals surface area contributed by atoms with Crippen molar-refractivity contribution >= 4 is 28.7 Å². The number of rotatable bonds is 7. The first-order valence-electron chi connectivity index (χ1n) is 10.5. The van der Waals surface area contributed by atoms with Gasteiger partial charge < -0.3 is 19.8 Å². The van der Waals surface area contributed by atoms with Crippen molar-refractivity contribution in [2.24, 2.45) is 0 Å². The van der Waals surface area contributed by atoms with Crippen LogP contribution in [0.2, 0.25) is 0 Å². The van der Waals surface area contributed by atoms with E-state index < -0.39 is 0 Å². The van der Waals surface area contributed by atoms with Gasteiger partial charge in [0.05, 0.1) is 16.6 Å². The first-order chi connectivity index (χ1) is 15.8. The van der Waals surface area contributed by atoms with Gasteiger partial charge in [0.25, 0.3) is 5.91 Å². The van der Waals surface area contributed by atoms with Crippen LogP contribution in [0.3, 0.4) is 0 Å². The molecule has 2 aromatic heterocycles. The maximum Gasteiger partial charge on any atom is 0.254 e. The second kappa shape index (κ2) is 9.32. The third-order valence-electron chi connectivity index (χ3n) is 5.06. The molecule has 32 heavy (non-hydrogen) atoms. The lowest BCUT2D eigenvalue weighted by atomic mass is 10.2. The highest BCUT2D eigenvalue weighted by molar-refractivity contribution is 7.99. The third-order valence-corrected chi connectivity index (χ3v) is 6.07. The molecule has 2 aromatic carbocycles. The molecule has 0 saturated heterocycles. The van der Waals surface area contributed by atoms with Crippen molar-refractivity contribution in [1.82, 2.24) is 20.3 Å². The van der Waals surface area contributed by atoms with Crippen molar-refractivity contribution in [2.45, 2.75) is 22.8 Å². The van der Waals surface area contributed by atoms with Gasteiger partial charge in [-0.2, -0.15) is 0 Å². The summed E-state index contributed by atoms with van der Waals surface area (Å²) in [6.07, 6.45) is 3.25. The van der Waals surface area contributed by atoms with Crippen LogP contribution in [0.1, 0.15) is 22.6 Å². The zero-order chi connectivity index (χ0) is 21.8. The Labute approximate surface area is 189 Å². The van der Waals surface area contributed by atoms with Crippen LogP contribution in [-0.4, -0.2) is 40.6 Å². The molecule has 2 N–H and O–H groups in total. The predicted molar refractivity (Wildman–Crippen MR) is 123 cm³/mol. The zero-order valence-corrected chi connectivity index (χ0v) is 18.2. The first-order valence-corrected chi connectivity index (χ1v) is 11.3. The van der Waals surface area contributed by atoms with Crippen molar-refractivity contribution in [3.05, 3.63) is 72.2 Å². The number of pyridine rings is 1. The fourth-order valence-corrected chi connectivity index (χ4v) is 4.43. The number of hydrogen-bond donors (Lipinski definition) is 2. The second-order valence-electron chi connectivity index (χ2n) is 7.32. The Balaban J connectivity index is 1.20. The fourth-order valence-electron chi connectivity index (χ4n) is 3.52. The lowest BCUT2D eigenvalue weighted by molar-refractivity contribution is 0.0949. The maximum atomic E-state index is 12.8. The number of hydrogen-bond acceptors (Lipinski definition) is 6. The van der Waals surface area contributed by atoms with E-state index in [0.717, 1.165) is 40.3 Å². The predicted octanol–water partition coefficient (Wildman–Crippen LogP) is 4.24. The van der Waals surface area contributed by atoms with Crippen LogP contribution in [0, 0.1) is 0 Å². The van der Waals surface area contributed by atoms with Gasteiger partial charge in [0.2, 0.25) is 0 Å². The minimum atomic E-state index is -0.136. The van der Waals surface area contributed by atoms with Crippen LogP contribution in [0.25, 0.3) is 11.0 Å². The van der Waals surface area contributed by atoms with Gasteiger partial charge in [0, 0.05) is 24.1 Å². The molecular weight excluding hydrogens is 424 g/mol. The summed E-state index contributed by atoms with van der Waals surface area (Å²) in [5.74, 6) is 2.25. The summed E-state index contributed by atoms with van der Waals surface area (Å²) in [5.41, 5.74) is 2.54. The van der Waals surface area contributed by atoms with Gasteiger partial charge in [-0.1, -0.05) is 23.9 Å². The van der Waals surface area contributed by atoms with Crippen molar-refractivity contribution in [3.63, 3.8) is 0 Å². The summed E-state index contributed by atoms with van der Waals surface area (Å²) in [7, 11) is 0. The average Bonchev–Trinajstić information content (AvgIpc) is 3.25. The Bertz CT molecular complexity index is 1220. The number of aromatic nitrogens is 3. The molecule has 0 atom stereocenters. The number of carbonyl (C=O) groups is 1. The molecule has 1 aliphatic heterocycles. The van der Waals surface area contributed by atoms with Gasteiger partial charge in [0.15, 0.2) is 11.5 Å². The van der Waals surface area contributed by atoms with Crippen LogP contribution in [0.5, 0.6) is 11.5 Å². The standard InChI is InChI=1S/C24H22N4O3S/c29-23(25-11-4-8-22-27-18-6-1-2-7-19(18)28-22)17-5-3-12-26-24(17)32-16-9-10-20-21(15-16)31-14-13-30-20/h1-3,5-7,9-10,12,15H,4,8,11,13-14H2,(H,25,29)(H,27,28). The van der Waals surface area contributed by atoms with E-state index in [9.17, 15) is 4.79 Å². The lowest BCUT2D eigenvalue weighted by Crippen LogP contribution is -2.25. The minimum absolute atomic E-state index is 0.136. The highest BCUT2D eigenvalue weighted by Crippen LogP contribution is 2.37. The Hall–Kier alpha value is -3.52. The normalized spacial score (nSPS) is 12.6. The largest absolute Gasteiger partial charge is 0.486 e. The molecule has 1 aliphatic rings. The SMILES string of the molecule is O=C(NCCCc1nc2ccccc2[nH]1)c1cccnc1Sc1ccc2c(c1)OCCO2. The number of aromatic amines is 1. The minimum Gasteiger partial charge on any atom is -0.486 e. The van der Waals surface area contributed by atoms with Gasteiger partial charge in [-0.05, 0) is 48.9 Å². The summed E-state index contributed by atoms with van der Waals surface area (Å²) in [4.78, 5) is 26.1. The van der Waals surface area contributed by atoms with Crippen LogP contribution in [-0.2, 0) is 6.42 Å². The molecule has 0 aliphatic carbocycles. The van der Waals surface area contributed by atoms with Gasteiger partial charge in [-0.15, -0.1) is 0 Å². The molecule has 0 bridgehead atoms. The van der Waals surface area contributed by atoms with Crippen molar-refractivity contribution in [2.75, 3.05) is 19.8 Å². The van der Waals surface area contributed by atoms with Gasteiger partial charge in [-0.25, -0.2) is 9.97 Å². The number of nitrogens with zero attached hydrogens (tertiary/aromatic N) is 2. The van der Waals surface area contributed by atoms with E-state index in [2.05, 4.69) is 20.3 Å². The van der Waals surface area contributed by atoms with Crippen LogP contribution in [0.15, 0.2) is 70.7 Å². The van der Waals surface area contributed by atoms with E-state index in [1.807, 2.05) is 42.5 Å². The highest BCUT2D eigenvalue weighted by atomic mass is 32.2. The van der Waals surface area contributed by atoms with E-state index in [4.69, 9.17) is 9.47 Å². The van der Waals surface area contributed by atoms with Gasteiger partial charge >= 0.3 is 0 Å². The number of amides is 1. The number of aryl methyl sites for hydroxylation is 1. The third kappa shape index (κ3) is 4.55. The average molecular weight is 447 g/mol. The van der Waals surface area contributed by atoms with Crippen LogP contribution < -0.4 is 14.8 Å². The number of H-pyrrole nitrogens is 1. The summed E-state index contributed by atoms with van der Waals surface area (Å²) in [5, 5.41) is 3.65. The van der Waals surface area contributed by atoms with Gasteiger partial charge in [0.1, 0.15) is 24.1 Å². The Morgan fingerprint density at radius 2 is 1.94 bits per heavy atom. The number of fused-ring (bicyclic) bond motifs is 2. The first kappa shape index (κ1) is 20.4. The molecular formula is C24H22N4O3S. The molecule has 8 heteroatoms. The Morgan fingerprint density at radius 1 is 1.06 bits per heavy atom. The van der Waals surface area contributed by atoms with E-state index in [-0.39, 0.29) is 5.91 Å². The molecule has 3 heterocycles. The van der Waals surface area contributed by atoms with E-state index >= 15 is 0 Å². The fraction of sp³-hybridized carbons (Fsp3) is 0.208.